The molecule has 1 aromatic carbocycles. The second kappa shape index (κ2) is 5.49. The molecule has 0 spiro atoms. The average molecular weight is 293 g/mol. The van der Waals surface area contributed by atoms with Gasteiger partial charge in [-0.25, -0.2) is 0 Å². The van der Waals surface area contributed by atoms with E-state index in [4.69, 9.17) is 16.7 Å². The summed E-state index contributed by atoms with van der Waals surface area (Å²) < 4.78 is 0.896. The van der Waals surface area contributed by atoms with E-state index in [1.165, 1.54) is 0 Å². The van der Waals surface area contributed by atoms with Crippen molar-refractivity contribution in [2.45, 2.75) is 6.54 Å². The third kappa shape index (κ3) is 4.20. The minimum atomic E-state index is -0.831. The summed E-state index contributed by atoms with van der Waals surface area (Å²) in [4.78, 5) is 12.2. The fourth-order valence-corrected chi connectivity index (χ4v) is 2.04. The summed E-state index contributed by atoms with van der Waals surface area (Å²) in [5, 5.41) is 9.26. The number of aliphatic carboxylic acids is 1. The Bertz CT molecular complexity index is 370. The van der Waals surface area contributed by atoms with Crippen molar-refractivity contribution in [1.82, 2.24) is 4.90 Å². The van der Waals surface area contributed by atoms with E-state index in [0.29, 0.717) is 11.6 Å². The highest BCUT2D eigenvalue weighted by Gasteiger charge is 2.07. The van der Waals surface area contributed by atoms with Crippen molar-refractivity contribution in [3.8, 4) is 0 Å². The molecule has 0 aliphatic heterocycles. The zero-order valence-electron chi connectivity index (χ0n) is 8.20. The SMILES string of the molecule is CN(CC(=O)O)Cc1ccc(Cl)cc1Br. The molecule has 1 rings (SSSR count). The maximum Gasteiger partial charge on any atom is 0.317 e. The van der Waals surface area contributed by atoms with Crippen LogP contribution in [-0.4, -0.2) is 29.6 Å². The number of nitrogens with zero attached hydrogens (tertiary/aromatic N) is 1. The van der Waals surface area contributed by atoms with Gasteiger partial charge in [0.15, 0.2) is 0 Å². The maximum atomic E-state index is 10.5. The van der Waals surface area contributed by atoms with Gasteiger partial charge < -0.3 is 5.11 Å². The van der Waals surface area contributed by atoms with Gasteiger partial charge in [-0.15, -0.1) is 0 Å². The molecular formula is C10H11BrClNO2. The Labute approximate surface area is 102 Å². The first kappa shape index (κ1) is 12.5. The number of hydrogen-bond acceptors (Lipinski definition) is 2. The molecule has 3 nitrogen and oxygen atoms in total. The van der Waals surface area contributed by atoms with E-state index in [-0.39, 0.29) is 6.54 Å². The Balaban J connectivity index is 2.68. The number of carboxylic acid groups (broad SMARTS) is 1. The Hall–Kier alpha value is -0.580. The molecule has 0 aliphatic carbocycles. The van der Waals surface area contributed by atoms with Gasteiger partial charge in [0.25, 0.3) is 0 Å². The minimum Gasteiger partial charge on any atom is -0.480 e. The molecule has 1 aromatic rings. The Morgan fingerprint density at radius 2 is 2.27 bits per heavy atom. The van der Waals surface area contributed by atoms with Crippen molar-refractivity contribution < 1.29 is 9.90 Å². The van der Waals surface area contributed by atoms with Gasteiger partial charge in [-0.1, -0.05) is 33.6 Å². The normalized spacial score (nSPS) is 10.7. The smallest absolute Gasteiger partial charge is 0.317 e. The van der Waals surface area contributed by atoms with Gasteiger partial charge in [-0.2, -0.15) is 0 Å². The lowest BCUT2D eigenvalue weighted by atomic mass is 10.2. The van der Waals surface area contributed by atoms with Crippen molar-refractivity contribution >= 4 is 33.5 Å². The van der Waals surface area contributed by atoms with Crippen LogP contribution in [0.25, 0.3) is 0 Å². The summed E-state index contributed by atoms with van der Waals surface area (Å²) in [6.07, 6.45) is 0. The van der Waals surface area contributed by atoms with Crippen LogP contribution in [0.5, 0.6) is 0 Å². The van der Waals surface area contributed by atoms with Gasteiger partial charge in [-0.05, 0) is 24.7 Å². The molecule has 0 atom stereocenters. The summed E-state index contributed by atoms with van der Waals surface area (Å²) in [7, 11) is 1.76. The Morgan fingerprint density at radius 3 is 2.80 bits per heavy atom. The van der Waals surface area contributed by atoms with Crippen LogP contribution >= 0.6 is 27.5 Å². The summed E-state index contributed by atoms with van der Waals surface area (Å²) in [5.74, 6) is -0.831. The van der Waals surface area contributed by atoms with Crippen LogP contribution in [0, 0.1) is 0 Å². The predicted molar refractivity (Wildman–Crippen MR) is 63.1 cm³/mol. The summed E-state index contributed by atoms with van der Waals surface area (Å²) in [6.45, 7) is 0.596. The van der Waals surface area contributed by atoms with Crippen LogP contribution in [0.2, 0.25) is 5.02 Å². The van der Waals surface area contributed by atoms with E-state index < -0.39 is 5.97 Å². The molecule has 0 amide bonds. The first-order valence-corrected chi connectivity index (χ1v) is 5.50. The molecule has 15 heavy (non-hydrogen) atoms. The summed E-state index contributed by atoms with van der Waals surface area (Å²) in [6, 6.07) is 5.46. The van der Waals surface area contributed by atoms with E-state index in [9.17, 15) is 4.79 Å². The molecule has 0 aliphatic rings. The zero-order valence-corrected chi connectivity index (χ0v) is 10.5. The van der Waals surface area contributed by atoms with Gasteiger partial charge in [0.1, 0.15) is 0 Å². The highest BCUT2D eigenvalue weighted by Crippen LogP contribution is 2.22. The van der Waals surface area contributed by atoms with Gasteiger partial charge in [0.05, 0.1) is 6.54 Å². The average Bonchev–Trinajstić information content (AvgIpc) is 2.08. The largest absolute Gasteiger partial charge is 0.480 e. The molecule has 0 aromatic heterocycles. The Morgan fingerprint density at radius 1 is 1.60 bits per heavy atom. The first-order chi connectivity index (χ1) is 6.99. The van der Waals surface area contributed by atoms with Crippen LogP contribution < -0.4 is 0 Å². The molecule has 1 N–H and O–H groups in total. The van der Waals surface area contributed by atoms with Crippen molar-refractivity contribution in [3.05, 3.63) is 33.3 Å². The van der Waals surface area contributed by atoms with E-state index in [0.717, 1.165) is 10.0 Å². The zero-order chi connectivity index (χ0) is 11.4. The number of likely N-dealkylation sites (N-methyl/N-ethyl adjacent to an activating group) is 1. The van der Waals surface area contributed by atoms with Crippen LogP contribution in [0.1, 0.15) is 5.56 Å². The summed E-state index contributed by atoms with van der Waals surface area (Å²) in [5.41, 5.74) is 1.02. The second-order valence-corrected chi connectivity index (χ2v) is 4.59. The standard InChI is InChI=1S/C10H11BrClNO2/c1-13(6-10(14)15)5-7-2-3-8(12)4-9(7)11/h2-4H,5-6H2,1H3,(H,14,15). The second-order valence-electron chi connectivity index (χ2n) is 3.30. The molecule has 82 valence electrons. The number of carboxylic acids is 1. The van der Waals surface area contributed by atoms with Crippen LogP contribution in [0.4, 0.5) is 0 Å². The third-order valence-corrected chi connectivity index (χ3v) is 2.83. The van der Waals surface area contributed by atoms with Crippen molar-refractivity contribution in [1.29, 1.82) is 0 Å². The topological polar surface area (TPSA) is 40.5 Å². The minimum absolute atomic E-state index is 0.0229. The lowest BCUT2D eigenvalue weighted by Gasteiger charge is -2.15. The summed E-state index contributed by atoms with van der Waals surface area (Å²) >= 11 is 9.18. The molecular weight excluding hydrogens is 281 g/mol. The van der Waals surface area contributed by atoms with E-state index >= 15 is 0 Å². The molecule has 0 bridgehead atoms. The molecule has 0 unspecified atom stereocenters. The van der Waals surface area contributed by atoms with Crippen LogP contribution in [0.3, 0.4) is 0 Å². The molecule has 0 fully saturated rings. The third-order valence-electron chi connectivity index (χ3n) is 1.86. The number of carbonyl (C=O) groups is 1. The molecule has 0 saturated heterocycles. The fraction of sp³-hybridized carbons (Fsp3) is 0.300. The van der Waals surface area contributed by atoms with E-state index in [1.54, 1.807) is 24.1 Å². The molecule has 0 saturated carbocycles. The molecule has 0 radical (unpaired) electrons. The van der Waals surface area contributed by atoms with Gasteiger partial charge in [0.2, 0.25) is 0 Å². The highest BCUT2D eigenvalue weighted by atomic mass is 79.9. The van der Waals surface area contributed by atoms with Crippen LogP contribution in [0.15, 0.2) is 22.7 Å². The number of benzene rings is 1. The number of rotatable bonds is 4. The predicted octanol–water partition coefficient (Wildman–Crippen LogP) is 2.62. The maximum absolute atomic E-state index is 10.5. The fourth-order valence-electron chi connectivity index (χ4n) is 1.23. The number of halogens is 2. The molecule has 5 heteroatoms. The quantitative estimate of drug-likeness (QED) is 0.927. The van der Waals surface area contributed by atoms with E-state index in [1.807, 2.05) is 6.07 Å². The lowest BCUT2D eigenvalue weighted by Crippen LogP contribution is -2.25. The monoisotopic (exact) mass is 291 g/mol. The van der Waals surface area contributed by atoms with Crippen molar-refractivity contribution in [3.63, 3.8) is 0 Å². The highest BCUT2D eigenvalue weighted by molar-refractivity contribution is 9.10. The molecule has 0 heterocycles. The van der Waals surface area contributed by atoms with Crippen molar-refractivity contribution in [2.24, 2.45) is 0 Å². The van der Waals surface area contributed by atoms with Crippen molar-refractivity contribution in [2.75, 3.05) is 13.6 Å². The Kier molecular flexibility index (Phi) is 4.57. The first-order valence-electron chi connectivity index (χ1n) is 4.33. The van der Waals surface area contributed by atoms with E-state index in [2.05, 4.69) is 15.9 Å². The number of hydrogen-bond donors (Lipinski definition) is 1. The van der Waals surface area contributed by atoms with Gasteiger partial charge in [-0.3, -0.25) is 9.69 Å². The van der Waals surface area contributed by atoms with Crippen LogP contribution in [-0.2, 0) is 11.3 Å². The van der Waals surface area contributed by atoms with Gasteiger partial charge in [0, 0.05) is 16.0 Å². The van der Waals surface area contributed by atoms with Gasteiger partial charge >= 0.3 is 5.97 Å². The lowest BCUT2D eigenvalue weighted by molar-refractivity contribution is -0.138.